The summed E-state index contributed by atoms with van der Waals surface area (Å²) < 4.78 is 14.2. The predicted octanol–water partition coefficient (Wildman–Crippen LogP) is 4.39. The van der Waals surface area contributed by atoms with Crippen molar-refractivity contribution >= 4 is 33.2 Å². The highest BCUT2D eigenvalue weighted by atomic mass is 79.9. The second-order valence-electron chi connectivity index (χ2n) is 4.05. The van der Waals surface area contributed by atoms with Gasteiger partial charge < -0.3 is 10.4 Å². The number of nitrogens with one attached hydrogen (secondary N) is 1. The maximum absolute atomic E-state index is 13.5. The van der Waals surface area contributed by atoms with Crippen LogP contribution in [-0.4, -0.2) is 11.7 Å². The van der Waals surface area contributed by atoms with Gasteiger partial charge in [-0.1, -0.05) is 29.8 Å². The van der Waals surface area contributed by atoms with E-state index in [1.165, 1.54) is 6.07 Å². The molecule has 0 radical (unpaired) electrons. The van der Waals surface area contributed by atoms with E-state index in [0.29, 0.717) is 5.02 Å². The standard InChI is InChI=1S/C14H12BrClFNO/c15-11-7-9(5-6-12(11)16)18-8-14(19)10-3-1-2-4-13(10)17/h1-7,14,18-19H,8H2. The van der Waals surface area contributed by atoms with Gasteiger partial charge in [0.25, 0.3) is 0 Å². The monoisotopic (exact) mass is 343 g/mol. The van der Waals surface area contributed by atoms with Gasteiger partial charge in [0.05, 0.1) is 11.1 Å². The number of hydrogen-bond acceptors (Lipinski definition) is 2. The van der Waals surface area contributed by atoms with Gasteiger partial charge in [0, 0.05) is 22.3 Å². The second-order valence-corrected chi connectivity index (χ2v) is 5.31. The first kappa shape index (κ1) is 14.3. The molecule has 2 nitrogen and oxygen atoms in total. The van der Waals surface area contributed by atoms with E-state index in [9.17, 15) is 9.50 Å². The molecule has 0 spiro atoms. The molecular weight excluding hydrogens is 333 g/mol. The van der Waals surface area contributed by atoms with Gasteiger partial charge in [-0.05, 0) is 40.2 Å². The first-order valence-electron chi connectivity index (χ1n) is 5.69. The molecule has 2 rings (SSSR count). The zero-order chi connectivity index (χ0) is 13.8. The first-order valence-corrected chi connectivity index (χ1v) is 6.86. The lowest BCUT2D eigenvalue weighted by atomic mass is 10.1. The largest absolute Gasteiger partial charge is 0.386 e. The molecule has 0 aliphatic heterocycles. The van der Waals surface area contributed by atoms with E-state index in [2.05, 4.69) is 21.2 Å². The van der Waals surface area contributed by atoms with Crippen molar-refractivity contribution in [2.45, 2.75) is 6.10 Å². The van der Waals surface area contributed by atoms with Crippen LogP contribution in [0.1, 0.15) is 11.7 Å². The normalized spacial score (nSPS) is 12.2. The molecule has 5 heteroatoms. The molecule has 19 heavy (non-hydrogen) atoms. The number of aliphatic hydroxyl groups excluding tert-OH is 1. The second kappa shape index (κ2) is 6.37. The molecule has 0 amide bonds. The van der Waals surface area contributed by atoms with Crippen molar-refractivity contribution in [2.75, 3.05) is 11.9 Å². The van der Waals surface area contributed by atoms with Crippen LogP contribution in [0.25, 0.3) is 0 Å². The molecule has 0 aliphatic carbocycles. The molecule has 0 heterocycles. The molecular formula is C14H12BrClFNO. The van der Waals surface area contributed by atoms with E-state index in [-0.39, 0.29) is 12.1 Å². The first-order chi connectivity index (χ1) is 9.08. The molecule has 0 bridgehead atoms. The van der Waals surface area contributed by atoms with Gasteiger partial charge in [-0.2, -0.15) is 0 Å². The quantitative estimate of drug-likeness (QED) is 0.862. The van der Waals surface area contributed by atoms with Crippen LogP contribution in [0, 0.1) is 5.82 Å². The molecule has 0 saturated carbocycles. The molecule has 0 saturated heterocycles. The highest BCUT2D eigenvalue weighted by Gasteiger charge is 2.11. The van der Waals surface area contributed by atoms with Gasteiger partial charge in [-0.25, -0.2) is 4.39 Å². The molecule has 2 aromatic carbocycles. The molecule has 1 unspecified atom stereocenters. The molecule has 1 atom stereocenters. The fraction of sp³-hybridized carbons (Fsp3) is 0.143. The van der Waals surface area contributed by atoms with Crippen molar-refractivity contribution in [2.24, 2.45) is 0 Å². The SMILES string of the molecule is OC(CNc1ccc(Cl)c(Br)c1)c1ccccc1F. The Labute approximate surface area is 124 Å². The Morgan fingerprint density at radius 2 is 2.00 bits per heavy atom. The molecule has 2 aromatic rings. The number of rotatable bonds is 4. The number of anilines is 1. The van der Waals surface area contributed by atoms with Crippen molar-refractivity contribution in [1.29, 1.82) is 0 Å². The van der Waals surface area contributed by atoms with Gasteiger partial charge in [-0.15, -0.1) is 0 Å². The van der Waals surface area contributed by atoms with Crippen molar-refractivity contribution < 1.29 is 9.50 Å². The lowest BCUT2D eigenvalue weighted by Crippen LogP contribution is -2.13. The van der Waals surface area contributed by atoms with Crippen LogP contribution < -0.4 is 5.32 Å². The fourth-order valence-corrected chi connectivity index (χ4v) is 2.17. The van der Waals surface area contributed by atoms with Crippen LogP contribution in [0.4, 0.5) is 10.1 Å². The topological polar surface area (TPSA) is 32.3 Å². The fourth-order valence-electron chi connectivity index (χ4n) is 1.68. The maximum atomic E-state index is 13.5. The molecule has 0 aliphatic rings. The minimum Gasteiger partial charge on any atom is -0.386 e. The number of halogens is 3. The van der Waals surface area contributed by atoms with Crippen molar-refractivity contribution in [3.63, 3.8) is 0 Å². The summed E-state index contributed by atoms with van der Waals surface area (Å²) in [6, 6.07) is 11.5. The van der Waals surface area contributed by atoms with Crippen LogP contribution in [0.2, 0.25) is 5.02 Å². The number of aliphatic hydroxyl groups is 1. The smallest absolute Gasteiger partial charge is 0.129 e. The third kappa shape index (κ3) is 3.69. The van der Waals surface area contributed by atoms with Crippen LogP contribution in [0.3, 0.4) is 0 Å². The number of hydrogen-bond donors (Lipinski definition) is 2. The lowest BCUT2D eigenvalue weighted by Gasteiger charge is -2.14. The van der Waals surface area contributed by atoms with E-state index in [1.54, 1.807) is 36.4 Å². The highest BCUT2D eigenvalue weighted by Crippen LogP contribution is 2.26. The average molecular weight is 345 g/mol. The van der Waals surface area contributed by atoms with E-state index in [4.69, 9.17) is 11.6 Å². The summed E-state index contributed by atoms with van der Waals surface area (Å²) in [6.45, 7) is 0.217. The van der Waals surface area contributed by atoms with Gasteiger partial charge in [0.15, 0.2) is 0 Å². The Bertz CT molecular complexity index is 579. The summed E-state index contributed by atoms with van der Waals surface area (Å²) in [5.74, 6) is -0.408. The Hall–Kier alpha value is -1.10. The van der Waals surface area contributed by atoms with Crippen LogP contribution >= 0.6 is 27.5 Å². The van der Waals surface area contributed by atoms with E-state index in [1.807, 2.05) is 0 Å². The van der Waals surface area contributed by atoms with Crippen LogP contribution in [-0.2, 0) is 0 Å². The summed E-state index contributed by atoms with van der Waals surface area (Å²) in [4.78, 5) is 0. The molecule has 2 N–H and O–H groups in total. The summed E-state index contributed by atoms with van der Waals surface area (Å²) in [6.07, 6.45) is -0.907. The minimum absolute atomic E-state index is 0.217. The van der Waals surface area contributed by atoms with Crippen LogP contribution in [0.15, 0.2) is 46.9 Å². The summed E-state index contributed by atoms with van der Waals surface area (Å²) >= 11 is 9.20. The minimum atomic E-state index is -0.907. The predicted molar refractivity (Wildman–Crippen MR) is 79.0 cm³/mol. The van der Waals surface area contributed by atoms with Gasteiger partial charge >= 0.3 is 0 Å². The summed E-state index contributed by atoms with van der Waals surface area (Å²) in [7, 11) is 0. The maximum Gasteiger partial charge on any atom is 0.129 e. The van der Waals surface area contributed by atoms with Gasteiger partial charge in [-0.3, -0.25) is 0 Å². The van der Waals surface area contributed by atoms with E-state index in [0.717, 1.165) is 10.2 Å². The number of benzene rings is 2. The zero-order valence-corrected chi connectivity index (χ0v) is 12.2. The Kier molecular flexibility index (Phi) is 4.80. The van der Waals surface area contributed by atoms with Gasteiger partial charge in [0.2, 0.25) is 0 Å². The van der Waals surface area contributed by atoms with Crippen molar-refractivity contribution in [3.05, 3.63) is 63.3 Å². The lowest BCUT2D eigenvalue weighted by molar-refractivity contribution is 0.186. The summed E-state index contributed by atoms with van der Waals surface area (Å²) in [5, 5.41) is 13.6. The van der Waals surface area contributed by atoms with Gasteiger partial charge in [0.1, 0.15) is 5.82 Å². The highest BCUT2D eigenvalue weighted by molar-refractivity contribution is 9.10. The van der Waals surface area contributed by atoms with E-state index >= 15 is 0 Å². The zero-order valence-electron chi connectivity index (χ0n) is 9.91. The third-order valence-corrected chi connectivity index (χ3v) is 3.90. The Morgan fingerprint density at radius 3 is 2.68 bits per heavy atom. The van der Waals surface area contributed by atoms with Crippen molar-refractivity contribution in [3.8, 4) is 0 Å². The Balaban J connectivity index is 2.02. The summed E-state index contributed by atoms with van der Waals surface area (Å²) in [5.41, 5.74) is 1.08. The molecule has 0 fully saturated rings. The molecule has 0 aromatic heterocycles. The third-order valence-electron chi connectivity index (χ3n) is 2.68. The van der Waals surface area contributed by atoms with Crippen molar-refractivity contribution in [1.82, 2.24) is 0 Å². The van der Waals surface area contributed by atoms with E-state index < -0.39 is 11.9 Å². The Morgan fingerprint density at radius 1 is 1.26 bits per heavy atom. The van der Waals surface area contributed by atoms with Crippen LogP contribution in [0.5, 0.6) is 0 Å². The average Bonchev–Trinajstić information content (AvgIpc) is 2.40. The molecule has 100 valence electrons.